The number of hydrogen-bond acceptors (Lipinski definition) is 2. The number of carbonyl (C=O) groups is 1. The molecule has 1 aliphatic rings. The van der Waals surface area contributed by atoms with Gasteiger partial charge in [-0.15, -0.1) is 0 Å². The summed E-state index contributed by atoms with van der Waals surface area (Å²) in [5.41, 5.74) is 3.22. The van der Waals surface area contributed by atoms with Crippen molar-refractivity contribution < 1.29 is 4.79 Å². The maximum Gasteiger partial charge on any atom is 0.256 e. The van der Waals surface area contributed by atoms with Crippen LogP contribution < -0.4 is 5.32 Å². The summed E-state index contributed by atoms with van der Waals surface area (Å²) in [6.45, 7) is 0. The fourth-order valence-electron chi connectivity index (χ4n) is 1.94. The molecule has 0 saturated heterocycles. The van der Waals surface area contributed by atoms with Crippen LogP contribution in [0.1, 0.15) is 11.1 Å². The molecule has 1 aromatic heterocycles. The van der Waals surface area contributed by atoms with Crippen molar-refractivity contribution in [3.63, 3.8) is 0 Å². The van der Waals surface area contributed by atoms with Crippen LogP contribution in [-0.4, -0.2) is 10.9 Å². The highest BCUT2D eigenvalue weighted by Crippen LogP contribution is 2.34. The highest BCUT2D eigenvalue weighted by Gasteiger charge is 2.23. The number of pyridine rings is 1. The number of hydrogen-bond donors (Lipinski definition) is 1. The molecule has 0 unspecified atom stereocenters. The van der Waals surface area contributed by atoms with E-state index >= 15 is 0 Å². The van der Waals surface area contributed by atoms with Crippen LogP contribution >= 0.6 is 11.6 Å². The Morgan fingerprint density at radius 3 is 2.72 bits per heavy atom. The van der Waals surface area contributed by atoms with Gasteiger partial charge in [0.25, 0.3) is 5.91 Å². The third-order valence-electron chi connectivity index (χ3n) is 2.78. The predicted octanol–water partition coefficient (Wildman–Crippen LogP) is 3.23. The van der Waals surface area contributed by atoms with E-state index in [1.165, 1.54) is 0 Å². The summed E-state index contributed by atoms with van der Waals surface area (Å²) in [5.74, 6) is -0.107. The van der Waals surface area contributed by atoms with Gasteiger partial charge in [0.15, 0.2) is 0 Å². The third-order valence-corrected chi connectivity index (χ3v) is 3.02. The molecule has 3 rings (SSSR count). The Morgan fingerprint density at radius 2 is 1.94 bits per heavy atom. The third kappa shape index (κ3) is 1.89. The Hall–Kier alpha value is -2.13. The molecule has 88 valence electrons. The molecule has 18 heavy (non-hydrogen) atoms. The number of carbonyl (C=O) groups excluding carboxylic acids is 1. The Bertz CT molecular complexity index is 650. The molecule has 0 saturated carbocycles. The summed E-state index contributed by atoms with van der Waals surface area (Å²) in [5, 5.41) is 3.41. The van der Waals surface area contributed by atoms with E-state index in [-0.39, 0.29) is 5.91 Å². The van der Waals surface area contributed by atoms with Gasteiger partial charge in [0.2, 0.25) is 0 Å². The predicted molar refractivity (Wildman–Crippen MR) is 72.2 cm³/mol. The van der Waals surface area contributed by atoms with Crippen LogP contribution in [0, 0.1) is 0 Å². The molecule has 0 radical (unpaired) electrons. The van der Waals surface area contributed by atoms with Gasteiger partial charge in [-0.3, -0.25) is 9.78 Å². The minimum absolute atomic E-state index is 0.107. The zero-order valence-corrected chi connectivity index (χ0v) is 10.1. The van der Waals surface area contributed by atoms with E-state index in [1.807, 2.05) is 24.3 Å². The minimum Gasteiger partial charge on any atom is -0.321 e. The molecule has 0 fully saturated rings. The second-order valence-electron chi connectivity index (χ2n) is 3.98. The Morgan fingerprint density at radius 1 is 1.17 bits per heavy atom. The van der Waals surface area contributed by atoms with E-state index < -0.39 is 0 Å². The first kappa shape index (κ1) is 11.0. The molecule has 3 nitrogen and oxygen atoms in total. The summed E-state index contributed by atoms with van der Waals surface area (Å²) in [6, 6.07) is 9.09. The Balaban J connectivity index is 2.10. The molecular weight excluding hydrogens is 248 g/mol. The molecule has 2 aromatic rings. The summed E-state index contributed by atoms with van der Waals surface area (Å²) in [4.78, 5) is 15.9. The first-order chi connectivity index (χ1) is 8.74. The first-order valence-corrected chi connectivity index (χ1v) is 5.85. The van der Waals surface area contributed by atoms with Crippen LogP contribution in [-0.2, 0) is 4.79 Å². The summed E-state index contributed by atoms with van der Waals surface area (Å²) >= 11 is 5.90. The van der Waals surface area contributed by atoms with E-state index in [2.05, 4.69) is 10.3 Å². The molecular formula is C14H9ClN2O. The SMILES string of the molecule is O=C1Nc2cc(Cl)ccc2C1=Cc1ccncc1. The molecule has 0 aliphatic carbocycles. The van der Waals surface area contributed by atoms with Crippen LogP contribution in [0.3, 0.4) is 0 Å². The molecule has 2 heterocycles. The zero-order chi connectivity index (χ0) is 12.5. The van der Waals surface area contributed by atoms with Gasteiger partial charge in [0.05, 0.1) is 5.69 Å². The topological polar surface area (TPSA) is 42.0 Å². The van der Waals surface area contributed by atoms with Gasteiger partial charge >= 0.3 is 0 Å². The molecule has 0 bridgehead atoms. The van der Waals surface area contributed by atoms with Crippen LogP contribution in [0.15, 0.2) is 42.7 Å². The van der Waals surface area contributed by atoms with Gasteiger partial charge in [-0.2, -0.15) is 0 Å². The van der Waals surface area contributed by atoms with Crippen molar-refractivity contribution in [3.05, 3.63) is 58.9 Å². The molecule has 1 aliphatic heterocycles. The lowest BCUT2D eigenvalue weighted by Crippen LogP contribution is -2.03. The number of amides is 1. The highest BCUT2D eigenvalue weighted by atomic mass is 35.5. The number of benzene rings is 1. The lowest BCUT2D eigenvalue weighted by atomic mass is 10.0. The monoisotopic (exact) mass is 256 g/mol. The highest BCUT2D eigenvalue weighted by molar-refractivity contribution is 6.36. The smallest absolute Gasteiger partial charge is 0.256 e. The van der Waals surface area contributed by atoms with E-state index in [1.54, 1.807) is 24.5 Å². The van der Waals surface area contributed by atoms with Crippen LogP contribution in [0.2, 0.25) is 5.02 Å². The summed E-state index contributed by atoms with van der Waals surface area (Å²) in [6.07, 6.45) is 5.24. The second kappa shape index (κ2) is 4.27. The minimum atomic E-state index is -0.107. The lowest BCUT2D eigenvalue weighted by molar-refractivity contribution is -0.110. The molecule has 1 N–H and O–H groups in total. The summed E-state index contributed by atoms with van der Waals surface area (Å²) < 4.78 is 0. The Labute approximate surface area is 109 Å². The number of anilines is 1. The quantitative estimate of drug-likeness (QED) is 0.796. The molecule has 1 amide bonds. The van der Waals surface area contributed by atoms with Crippen molar-refractivity contribution in [2.45, 2.75) is 0 Å². The van der Waals surface area contributed by atoms with E-state index in [4.69, 9.17) is 11.6 Å². The van der Waals surface area contributed by atoms with Crippen LogP contribution in [0.25, 0.3) is 11.6 Å². The van der Waals surface area contributed by atoms with Crippen molar-refractivity contribution in [1.82, 2.24) is 4.98 Å². The van der Waals surface area contributed by atoms with Gasteiger partial charge in [0.1, 0.15) is 0 Å². The summed E-state index contributed by atoms with van der Waals surface area (Å²) in [7, 11) is 0. The molecule has 4 heteroatoms. The van der Waals surface area contributed by atoms with Crippen molar-refractivity contribution in [3.8, 4) is 0 Å². The number of aromatic nitrogens is 1. The standard InChI is InChI=1S/C14H9ClN2O/c15-10-1-2-11-12(14(18)17-13(11)8-10)7-9-3-5-16-6-4-9/h1-8H,(H,17,18). The van der Waals surface area contributed by atoms with Crippen LogP contribution in [0.4, 0.5) is 5.69 Å². The van der Waals surface area contributed by atoms with Crippen LogP contribution in [0.5, 0.6) is 0 Å². The second-order valence-corrected chi connectivity index (χ2v) is 4.42. The zero-order valence-electron chi connectivity index (χ0n) is 9.35. The van der Waals surface area contributed by atoms with Crippen molar-refractivity contribution in [1.29, 1.82) is 0 Å². The van der Waals surface area contributed by atoms with Crippen molar-refractivity contribution in [2.24, 2.45) is 0 Å². The number of nitrogens with one attached hydrogen (secondary N) is 1. The number of nitrogens with zero attached hydrogens (tertiary/aromatic N) is 1. The fourth-order valence-corrected chi connectivity index (χ4v) is 2.11. The normalized spacial score (nSPS) is 15.6. The first-order valence-electron chi connectivity index (χ1n) is 5.47. The van der Waals surface area contributed by atoms with E-state index in [0.29, 0.717) is 10.6 Å². The molecule has 0 atom stereocenters. The largest absolute Gasteiger partial charge is 0.321 e. The average molecular weight is 257 g/mol. The van der Waals surface area contributed by atoms with Gasteiger partial charge in [-0.25, -0.2) is 0 Å². The Kier molecular flexibility index (Phi) is 2.61. The van der Waals surface area contributed by atoms with Crippen molar-refractivity contribution in [2.75, 3.05) is 5.32 Å². The van der Waals surface area contributed by atoms with Gasteiger partial charge in [-0.05, 0) is 35.9 Å². The van der Waals surface area contributed by atoms with Gasteiger partial charge in [-0.1, -0.05) is 17.7 Å². The van der Waals surface area contributed by atoms with E-state index in [9.17, 15) is 4.79 Å². The van der Waals surface area contributed by atoms with Gasteiger partial charge in [0, 0.05) is 28.6 Å². The maximum absolute atomic E-state index is 11.9. The number of fused-ring (bicyclic) bond motifs is 1. The van der Waals surface area contributed by atoms with Gasteiger partial charge < -0.3 is 5.32 Å². The number of halogens is 1. The van der Waals surface area contributed by atoms with Crippen molar-refractivity contribution >= 4 is 34.8 Å². The lowest BCUT2D eigenvalue weighted by Gasteiger charge is -1.98. The average Bonchev–Trinajstić information content (AvgIpc) is 2.66. The number of rotatable bonds is 1. The fraction of sp³-hybridized carbons (Fsp3) is 0. The molecule has 0 spiro atoms. The molecule has 1 aromatic carbocycles. The maximum atomic E-state index is 11.9. The van der Waals surface area contributed by atoms with E-state index in [0.717, 1.165) is 16.8 Å².